The summed E-state index contributed by atoms with van der Waals surface area (Å²) < 4.78 is 4.85. The van der Waals surface area contributed by atoms with Crippen LogP contribution in [0, 0.1) is 17.2 Å². The van der Waals surface area contributed by atoms with Gasteiger partial charge in [0.1, 0.15) is 6.07 Å². The molecule has 0 saturated carbocycles. The topological polar surface area (TPSA) is 50.1 Å². The summed E-state index contributed by atoms with van der Waals surface area (Å²) in [6.45, 7) is 6.59. The van der Waals surface area contributed by atoms with Crippen molar-refractivity contribution in [2.75, 3.05) is 0 Å². The molecule has 0 amide bonds. The summed E-state index contributed by atoms with van der Waals surface area (Å²) in [4.78, 5) is 10.5. The summed E-state index contributed by atoms with van der Waals surface area (Å²) in [7, 11) is 0. The van der Waals surface area contributed by atoms with Crippen LogP contribution >= 0.6 is 0 Å². The highest BCUT2D eigenvalue weighted by Gasteiger charge is 2.31. The van der Waals surface area contributed by atoms with Crippen molar-refractivity contribution in [3.05, 3.63) is 0 Å². The molecular weight excluding hydrogens is 142 g/mol. The average molecular weight is 155 g/mol. The molecule has 3 heteroatoms. The summed E-state index contributed by atoms with van der Waals surface area (Å²) in [6, 6.07) is 1.97. The van der Waals surface area contributed by atoms with Gasteiger partial charge in [-0.3, -0.25) is 4.79 Å². The fourth-order valence-electron chi connectivity index (χ4n) is 0.568. The van der Waals surface area contributed by atoms with Gasteiger partial charge in [0.2, 0.25) is 0 Å². The van der Waals surface area contributed by atoms with Crippen molar-refractivity contribution in [1.82, 2.24) is 0 Å². The van der Waals surface area contributed by atoms with Crippen LogP contribution in [0.4, 0.5) is 0 Å². The largest absolute Gasteiger partial charge is 0.444 e. The number of esters is 1. The number of nitriles is 1. The molecule has 0 fully saturated rings. The molecular formula is C8H13NO2. The fraction of sp³-hybridized carbons (Fsp3) is 0.750. The summed E-state index contributed by atoms with van der Waals surface area (Å²) in [6.07, 6.45) is 0. The molecule has 11 heavy (non-hydrogen) atoms. The quantitative estimate of drug-likeness (QED) is 0.567. The van der Waals surface area contributed by atoms with Crippen molar-refractivity contribution in [3.8, 4) is 6.07 Å². The summed E-state index contributed by atoms with van der Waals surface area (Å²) in [5.41, 5.74) is -0.980. The van der Waals surface area contributed by atoms with E-state index in [1.54, 1.807) is 6.92 Å². The van der Waals surface area contributed by atoms with Crippen molar-refractivity contribution in [2.45, 2.75) is 33.3 Å². The Morgan fingerprint density at radius 3 is 2.18 bits per heavy atom. The molecule has 0 rings (SSSR count). The third kappa shape index (κ3) is 2.58. The molecule has 0 aliphatic rings. The van der Waals surface area contributed by atoms with Gasteiger partial charge in [-0.25, -0.2) is 0 Å². The second-order valence-corrected chi connectivity index (χ2v) is 2.97. The van der Waals surface area contributed by atoms with E-state index in [9.17, 15) is 4.79 Å². The molecule has 1 unspecified atom stereocenters. The lowest BCUT2D eigenvalue weighted by atomic mass is 9.94. The molecule has 3 nitrogen and oxygen atoms in total. The Bertz CT molecular complexity index is 193. The molecule has 0 spiro atoms. The second-order valence-electron chi connectivity index (χ2n) is 2.97. The van der Waals surface area contributed by atoms with E-state index in [0.29, 0.717) is 0 Å². The molecule has 0 N–H and O–H groups in total. The molecule has 0 radical (unpaired) electrons. The first kappa shape index (κ1) is 9.96. The van der Waals surface area contributed by atoms with E-state index >= 15 is 0 Å². The molecule has 0 bridgehead atoms. The molecule has 0 saturated heterocycles. The van der Waals surface area contributed by atoms with Gasteiger partial charge in [0.05, 0.1) is 0 Å². The van der Waals surface area contributed by atoms with E-state index in [0.717, 1.165) is 0 Å². The maximum atomic E-state index is 10.5. The summed E-state index contributed by atoms with van der Waals surface area (Å²) >= 11 is 0. The van der Waals surface area contributed by atoms with Gasteiger partial charge >= 0.3 is 5.97 Å². The first-order chi connectivity index (χ1) is 4.92. The van der Waals surface area contributed by atoms with Crippen LogP contribution in [0.15, 0.2) is 0 Å². The Labute approximate surface area is 67.0 Å². The smallest absolute Gasteiger partial charge is 0.304 e. The molecule has 0 aromatic heterocycles. The van der Waals surface area contributed by atoms with Gasteiger partial charge in [-0.2, -0.15) is 5.26 Å². The van der Waals surface area contributed by atoms with Gasteiger partial charge in [0.25, 0.3) is 0 Å². The molecule has 0 aromatic rings. The van der Waals surface area contributed by atoms with Gasteiger partial charge in [0, 0.05) is 12.8 Å². The third-order valence-corrected chi connectivity index (χ3v) is 1.68. The number of nitrogens with zero attached hydrogens (tertiary/aromatic N) is 1. The van der Waals surface area contributed by atoms with Gasteiger partial charge in [-0.1, -0.05) is 13.8 Å². The molecule has 62 valence electrons. The van der Waals surface area contributed by atoms with Crippen molar-refractivity contribution in [1.29, 1.82) is 5.26 Å². The first-order valence-corrected chi connectivity index (χ1v) is 3.53. The second kappa shape index (κ2) is 3.38. The third-order valence-electron chi connectivity index (χ3n) is 1.68. The number of rotatable bonds is 2. The lowest BCUT2D eigenvalue weighted by molar-refractivity contribution is -0.153. The average Bonchev–Trinajstić information content (AvgIpc) is 1.86. The predicted molar refractivity (Wildman–Crippen MR) is 40.6 cm³/mol. The maximum Gasteiger partial charge on any atom is 0.304 e. The molecule has 0 aliphatic carbocycles. The zero-order valence-electron chi connectivity index (χ0n) is 7.34. The zero-order chi connectivity index (χ0) is 9.07. The van der Waals surface area contributed by atoms with Crippen LogP contribution in [0.3, 0.4) is 0 Å². The Kier molecular flexibility index (Phi) is 3.06. The van der Waals surface area contributed by atoms with E-state index in [1.165, 1.54) is 6.92 Å². The van der Waals surface area contributed by atoms with Gasteiger partial charge < -0.3 is 4.74 Å². The highest BCUT2D eigenvalue weighted by Crippen LogP contribution is 2.20. The number of carbonyl (C=O) groups is 1. The molecule has 0 heterocycles. The SMILES string of the molecule is CC(=O)OC(C)(C#N)C(C)C. The van der Waals surface area contributed by atoms with E-state index in [4.69, 9.17) is 10.00 Å². The lowest BCUT2D eigenvalue weighted by Gasteiger charge is -2.24. The van der Waals surface area contributed by atoms with E-state index in [1.807, 2.05) is 19.9 Å². The fourth-order valence-corrected chi connectivity index (χ4v) is 0.568. The molecule has 0 aliphatic heterocycles. The number of ether oxygens (including phenoxy) is 1. The minimum atomic E-state index is -0.980. The predicted octanol–water partition coefficient (Wildman–Crippen LogP) is 1.49. The summed E-state index contributed by atoms with van der Waals surface area (Å²) in [5, 5.41) is 8.68. The van der Waals surface area contributed by atoms with Crippen LogP contribution < -0.4 is 0 Å². The van der Waals surface area contributed by atoms with Gasteiger partial charge in [0.15, 0.2) is 5.60 Å². The Morgan fingerprint density at radius 2 is 2.09 bits per heavy atom. The number of carbonyl (C=O) groups excluding carboxylic acids is 1. The van der Waals surface area contributed by atoms with E-state index in [2.05, 4.69) is 0 Å². The number of hydrogen-bond donors (Lipinski definition) is 0. The monoisotopic (exact) mass is 155 g/mol. The standard InChI is InChI=1S/C8H13NO2/c1-6(2)8(4,5-9)11-7(3)10/h6H,1-4H3. The van der Waals surface area contributed by atoms with Crippen LogP contribution in [0.25, 0.3) is 0 Å². The van der Waals surface area contributed by atoms with Crippen molar-refractivity contribution in [3.63, 3.8) is 0 Å². The van der Waals surface area contributed by atoms with E-state index in [-0.39, 0.29) is 5.92 Å². The minimum absolute atomic E-state index is 0.0106. The highest BCUT2D eigenvalue weighted by atomic mass is 16.6. The Morgan fingerprint density at radius 1 is 1.64 bits per heavy atom. The van der Waals surface area contributed by atoms with E-state index < -0.39 is 11.6 Å². The van der Waals surface area contributed by atoms with Crippen LogP contribution in [-0.4, -0.2) is 11.6 Å². The Balaban J connectivity index is 4.38. The highest BCUT2D eigenvalue weighted by molar-refractivity contribution is 5.67. The van der Waals surface area contributed by atoms with Crippen LogP contribution in [0.1, 0.15) is 27.7 Å². The number of hydrogen-bond acceptors (Lipinski definition) is 3. The normalized spacial score (nSPS) is 15.3. The van der Waals surface area contributed by atoms with Crippen LogP contribution in [0.5, 0.6) is 0 Å². The van der Waals surface area contributed by atoms with Crippen molar-refractivity contribution >= 4 is 5.97 Å². The first-order valence-electron chi connectivity index (χ1n) is 3.53. The summed E-state index contributed by atoms with van der Waals surface area (Å²) in [5.74, 6) is -0.404. The van der Waals surface area contributed by atoms with Crippen molar-refractivity contribution < 1.29 is 9.53 Å². The molecule has 1 atom stereocenters. The molecule has 0 aromatic carbocycles. The maximum absolute atomic E-state index is 10.5. The minimum Gasteiger partial charge on any atom is -0.444 e. The van der Waals surface area contributed by atoms with Gasteiger partial charge in [-0.15, -0.1) is 0 Å². The van der Waals surface area contributed by atoms with Gasteiger partial charge in [-0.05, 0) is 6.92 Å². The van der Waals surface area contributed by atoms with Crippen LogP contribution in [-0.2, 0) is 9.53 Å². The van der Waals surface area contributed by atoms with Crippen LogP contribution in [0.2, 0.25) is 0 Å². The zero-order valence-corrected chi connectivity index (χ0v) is 7.34. The lowest BCUT2D eigenvalue weighted by Crippen LogP contribution is -2.34. The van der Waals surface area contributed by atoms with Crippen molar-refractivity contribution in [2.24, 2.45) is 5.92 Å². The Hall–Kier alpha value is -1.04.